The number of likely N-dealkylation sites (tertiary alicyclic amines) is 1. The molecule has 2 N–H and O–H groups in total. The minimum absolute atomic E-state index is 0.0540. The Balaban J connectivity index is 1.53. The number of nitrogens with zero attached hydrogens (tertiary/aromatic N) is 4. The van der Waals surface area contributed by atoms with Gasteiger partial charge in [0.25, 0.3) is 0 Å². The van der Waals surface area contributed by atoms with Crippen LogP contribution in [0.2, 0.25) is 0 Å². The maximum Gasteiger partial charge on any atom is 0.225 e. The summed E-state index contributed by atoms with van der Waals surface area (Å²) >= 11 is 0. The van der Waals surface area contributed by atoms with Crippen LogP contribution in [0, 0.1) is 12.8 Å². The Bertz CT molecular complexity index is 856. The van der Waals surface area contributed by atoms with Gasteiger partial charge in [-0.3, -0.25) is 9.79 Å². The first kappa shape index (κ1) is 21.1. The van der Waals surface area contributed by atoms with E-state index in [2.05, 4.69) is 52.2 Å². The van der Waals surface area contributed by atoms with Gasteiger partial charge in [0.2, 0.25) is 5.91 Å². The fraction of sp³-hybridized carbons (Fsp3) is 0.591. The number of fused-ring (bicyclic) bond motifs is 1. The number of amides is 1. The van der Waals surface area contributed by atoms with Gasteiger partial charge < -0.3 is 20.1 Å². The second-order valence-electron chi connectivity index (χ2n) is 7.98. The average Bonchev–Trinajstić information content (AvgIpc) is 3.28. The first-order valence-corrected chi connectivity index (χ1v) is 10.7. The van der Waals surface area contributed by atoms with Crippen molar-refractivity contribution in [1.82, 2.24) is 25.1 Å². The molecule has 1 aliphatic heterocycles. The molecule has 2 aromatic rings. The smallest absolute Gasteiger partial charge is 0.225 e. The quantitative estimate of drug-likeness (QED) is 0.427. The number of para-hydroxylation sites is 2. The van der Waals surface area contributed by atoms with Gasteiger partial charge in [0.1, 0.15) is 5.82 Å². The number of hydrogen-bond acceptors (Lipinski definition) is 3. The molecule has 158 valence electrons. The highest BCUT2D eigenvalue weighted by Gasteiger charge is 2.27. The van der Waals surface area contributed by atoms with Gasteiger partial charge in [-0.15, -0.1) is 0 Å². The molecular weight excluding hydrogens is 364 g/mol. The molecule has 1 aliphatic rings. The number of guanidine groups is 1. The zero-order chi connectivity index (χ0) is 20.8. The molecule has 1 fully saturated rings. The van der Waals surface area contributed by atoms with Crippen molar-refractivity contribution in [3.63, 3.8) is 0 Å². The van der Waals surface area contributed by atoms with Gasteiger partial charge in [0.05, 0.1) is 11.0 Å². The van der Waals surface area contributed by atoms with Crippen molar-refractivity contribution in [3.8, 4) is 0 Å². The number of carbonyl (C=O) groups is 1. The summed E-state index contributed by atoms with van der Waals surface area (Å²) in [5.41, 5.74) is 2.23. The first-order valence-electron chi connectivity index (χ1n) is 10.7. The van der Waals surface area contributed by atoms with E-state index < -0.39 is 0 Å². The molecule has 1 amide bonds. The topological polar surface area (TPSA) is 74.6 Å². The summed E-state index contributed by atoms with van der Waals surface area (Å²) in [6, 6.07) is 8.51. The van der Waals surface area contributed by atoms with Crippen LogP contribution in [-0.2, 0) is 11.3 Å². The summed E-state index contributed by atoms with van der Waals surface area (Å²) in [4.78, 5) is 23.5. The second kappa shape index (κ2) is 9.76. The van der Waals surface area contributed by atoms with Crippen LogP contribution in [0.1, 0.15) is 39.4 Å². The van der Waals surface area contributed by atoms with Crippen molar-refractivity contribution in [2.45, 2.75) is 53.1 Å². The van der Waals surface area contributed by atoms with Crippen molar-refractivity contribution in [2.75, 3.05) is 26.2 Å². The summed E-state index contributed by atoms with van der Waals surface area (Å²) < 4.78 is 2.26. The standard InChI is InChI=1S/C22H34N6O/c1-5-23-22(26-18-11-14-27(15-18)21(29)16(2)3)24-12-8-13-28-17(4)25-19-9-6-7-10-20(19)28/h6-7,9-10,16,18H,5,8,11-15H2,1-4H3,(H2,23,24,26). The number of rotatable bonds is 7. The van der Waals surface area contributed by atoms with Crippen LogP contribution >= 0.6 is 0 Å². The highest BCUT2D eigenvalue weighted by molar-refractivity contribution is 5.81. The van der Waals surface area contributed by atoms with E-state index in [1.54, 1.807) is 0 Å². The number of hydrogen-bond donors (Lipinski definition) is 2. The lowest BCUT2D eigenvalue weighted by Gasteiger charge is -2.20. The number of benzene rings is 1. The number of imidazole rings is 1. The van der Waals surface area contributed by atoms with Crippen molar-refractivity contribution >= 4 is 22.9 Å². The van der Waals surface area contributed by atoms with Gasteiger partial charge in [-0.1, -0.05) is 26.0 Å². The van der Waals surface area contributed by atoms with E-state index in [-0.39, 0.29) is 17.9 Å². The van der Waals surface area contributed by atoms with Crippen LogP contribution in [0.5, 0.6) is 0 Å². The van der Waals surface area contributed by atoms with Crippen LogP contribution in [-0.4, -0.2) is 58.5 Å². The maximum atomic E-state index is 12.2. The summed E-state index contributed by atoms with van der Waals surface area (Å²) in [7, 11) is 0. The summed E-state index contributed by atoms with van der Waals surface area (Å²) in [6.45, 7) is 12.1. The Morgan fingerprint density at radius 1 is 1.34 bits per heavy atom. The number of aromatic nitrogens is 2. The maximum absolute atomic E-state index is 12.2. The molecule has 7 heteroatoms. The Kier molecular flexibility index (Phi) is 7.12. The lowest BCUT2D eigenvalue weighted by molar-refractivity contribution is -0.133. The van der Waals surface area contributed by atoms with Gasteiger partial charge in [-0.25, -0.2) is 4.98 Å². The van der Waals surface area contributed by atoms with Gasteiger partial charge in [0, 0.05) is 44.7 Å². The fourth-order valence-electron chi connectivity index (χ4n) is 3.85. The van der Waals surface area contributed by atoms with Crippen LogP contribution in [0.15, 0.2) is 29.3 Å². The Morgan fingerprint density at radius 2 is 2.14 bits per heavy atom. The molecule has 1 aromatic heterocycles. The molecule has 3 rings (SSSR count). The molecule has 1 atom stereocenters. The van der Waals surface area contributed by atoms with E-state index in [9.17, 15) is 4.79 Å². The lowest BCUT2D eigenvalue weighted by Crippen LogP contribution is -2.45. The monoisotopic (exact) mass is 398 g/mol. The van der Waals surface area contributed by atoms with Crippen LogP contribution in [0.4, 0.5) is 0 Å². The molecule has 2 heterocycles. The van der Waals surface area contributed by atoms with E-state index in [1.165, 1.54) is 5.52 Å². The number of carbonyl (C=O) groups excluding carboxylic acids is 1. The molecule has 0 bridgehead atoms. The van der Waals surface area contributed by atoms with Crippen molar-refractivity contribution in [2.24, 2.45) is 10.9 Å². The van der Waals surface area contributed by atoms with E-state index in [0.717, 1.165) is 62.9 Å². The molecule has 0 spiro atoms. The molecule has 7 nitrogen and oxygen atoms in total. The predicted octanol–water partition coefficient (Wildman–Crippen LogP) is 2.55. The zero-order valence-electron chi connectivity index (χ0n) is 18.1. The van der Waals surface area contributed by atoms with E-state index in [0.29, 0.717) is 0 Å². The van der Waals surface area contributed by atoms with E-state index in [1.807, 2.05) is 24.8 Å². The average molecular weight is 399 g/mol. The third-order valence-electron chi connectivity index (χ3n) is 5.33. The van der Waals surface area contributed by atoms with Crippen molar-refractivity contribution in [1.29, 1.82) is 0 Å². The van der Waals surface area contributed by atoms with Crippen LogP contribution < -0.4 is 10.6 Å². The van der Waals surface area contributed by atoms with Crippen molar-refractivity contribution in [3.05, 3.63) is 30.1 Å². The fourth-order valence-corrected chi connectivity index (χ4v) is 3.85. The summed E-state index contributed by atoms with van der Waals surface area (Å²) in [6.07, 6.45) is 1.91. The highest BCUT2D eigenvalue weighted by Crippen LogP contribution is 2.16. The molecule has 1 saturated heterocycles. The molecule has 0 radical (unpaired) electrons. The molecule has 29 heavy (non-hydrogen) atoms. The Morgan fingerprint density at radius 3 is 2.90 bits per heavy atom. The third kappa shape index (κ3) is 5.28. The molecule has 1 unspecified atom stereocenters. The highest BCUT2D eigenvalue weighted by atomic mass is 16.2. The predicted molar refractivity (Wildman–Crippen MR) is 118 cm³/mol. The molecule has 0 saturated carbocycles. The van der Waals surface area contributed by atoms with Gasteiger partial charge in [-0.2, -0.15) is 0 Å². The Hall–Kier alpha value is -2.57. The SMILES string of the molecule is CCNC(=NCCCn1c(C)nc2ccccc21)NC1CCN(C(=O)C(C)C)C1. The summed E-state index contributed by atoms with van der Waals surface area (Å²) in [5.74, 6) is 2.17. The summed E-state index contributed by atoms with van der Waals surface area (Å²) in [5, 5.41) is 6.83. The first-order chi connectivity index (χ1) is 14.0. The molecular formula is C22H34N6O. The lowest BCUT2D eigenvalue weighted by atomic mass is 10.2. The van der Waals surface area contributed by atoms with E-state index >= 15 is 0 Å². The minimum atomic E-state index is 0.0540. The van der Waals surface area contributed by atoms with Gasteiger partial charge in [-0.05, 0) is 38.8 Å². The van der Waals surface area contributed by atoms with Crippen molar-refractivity contribution < 1.29 is 4.79 Å². The molecule has 0 aliphatic carbocycles. The van der Waals surface area contributed by atoms with Gasteiger partial charge in [0.15, 0.2) is 5.96 Å². The third-order valence-corrected chi connectivity index (χ3v) is 5.33. The normalized spacial score (nSPS) is 17.3. The number of aryl methyl sites for hydroxylation is 2. The number of aliphatic imine (C=N–C) groups is 1. The zero-order valence-corrected chi connectivity index (χ0v) is 18.1. The Labute approximate surface area is 173 Å². The second-order valence-corrected chi connectivity index (χ2v) is 7.98. The molecule has 1 aromatic carbocycles. The van der Waals surface area contributed by atoms with Gasteiger partial charge >= 0.3 is 0 Å². The minimum Gasteiger partial charge on any atom is -0.357 e. The van der Waals surface area contributed by atoms with Crippen LogP contribution in [0.3, 0.4) is 0 Å². The largest absolute Gasteiger partial charge is 0.357 e. The number of nitrogens with one attached hydrogen (secondary N) is 2. The van der Waals surface area contributed by atoms with Crippen LogP contribution in [0.25, 0.3) is 11.0 Å². The van der Waals surface area contributed by atoms with E-state index in [4.69, 9.17) is 4.99 Å².